The Balaban J connectivity index is 1.86. The molecule has 0 radical (unpaired) electrons. The minimum atomic E-state index is 0.251. The number of hydrogen-bond donors (Lipinski definition) is 1. The number of rotatable bonds is 9. The van der Waals surface area contributed by atoms with Gasteiger partial charge in [-0.3, -0.25) is 4.79 Å². The number of amides is 1. The molecule has 1 aromatic rings. The van der Waals surface area contributed by atoms with Crippen molar-refractivity contribution < 1.29 is 4.79 Å². The van der Waals surface area contributed by atoms with Gasteiger partial charge in [0.2, 0.25) is 5.91 Å². The molecular weight excluding hydrogens is 319 g/mol. The average molecular weight is 343 g/mol. The Labute approximate surface area is 142 Å². The normalized spacial score (nSPS) is 14.1. The number of hydrogen-bond acceptors (Lipinski definition) is 2. The minimum absolute atomic E-state index is 0.251. The van der Waals surface area contributed by atoms with Gasteiger partial charge in [0.1, 0.15) is 0 Å². The summed E-state index contributed by atoms with van der Waals surface area (Å²) in [6, 6.07) is 6.00. The zero-order valence-corrected chi connectivity index (χ0v) is 14.4. The fourth-order valence-electron chi connectivity index (χ4n) is 2.56. The van der Waals surface area contributed by atoms with Gasteiger partial charge >= 0.3 is 0 Å². The smallest absolute Gasteiger partial charge is 0.223 e. The number of carbonyl (C=O) groups excluding carboxylic acids is 1. The van der Waals surface area contributed by atoms with Crippen molar-refractivity contribution >= 4 is 29.1 Å². The molecule has 122 valence electrons. The second-order valence-electron chi connectivity index (χ2n) is 5.95. The van der Waals surface area contributed by atoms with Crippen LogP contribution < -0.4 is 5.73 Å². The molecule has 0 saturated heterocycles. The van der Waals surface area contributed by atoms with Gasteiger partial charge < -0.3 is 10.6 Å². The molecule has 1 saturated carbocycles. The minimum Gasteiger partial charge on any atom is -0.335 e. The first kappa shape index (κ1) is 17.6. The molecule has 1 fully saturated rings. The Kier molecular flexibility index (Phi) is 7.00. The Bertz CT molecular complexity index is 503. The molecule has 1 aliphatic carbocycles. The molecular formula is C17H24Cl2N2O. The van der Waals surface area contributed by atoms with Crippen molar-refractivity contribution in [2.24, 2.45) is 5.73 Å². The zero-order chi connectivity index (χ0) is 15.9. The largest absolute Gasteiger partial charge is 0.335 e. The Hall–Kier alpha value is -0.770. The van der Waals surface area contributed by atoms with E-state index in [1.165, 1.54) is 0 Å². The number of halogens is 2. The molecule has 5 heteroatoms. The van der Waals surface area contributed by atoms with E-state index in [0.29, 0.717) is 29.1 Å². The standard InChI is InChI=1S/C17H24Cl2N2O/c18-15-9-6-13(11-16(15)19)12-21(14-7-8-14)17(22)5-3-1-2-4-10-20/h6,9,11,14H,1-5,7-8,10,12,20H2. The molecule has 0 unspecified atom stereocenters. The molecule has 3 nitrogen and oxygen atoms in total. The van der Waals surface area contributed by atoms with E-state index in [2.05, 4.69) is 0 Å². The summed E-state index contributed by atoms with van der Waals surface area (Å²) in [5, 5.41) is 1.10. The van der Waals surface area contributed by atoms with Crippen molar-refractivity contribution in [1.29, 1.82) is 0 Å². The van der Waals surface area contributed by atoms with Crippen LogP contribution in [0.1, 0.15) is 50.5 Å². The van der Waals surface area contributed by atoms with Crippen LogP contribution in [-0.4, -0.2) is 23.4 Å². The van der Waals surface area contributed by atoms with E-state index >= 15 is 0 Å². The molecule has 0 aliphatic heterocycles. The quantitative estimate of drug-likeness (QED) is 0.676. The average Bonchev–Trinajstić information content (AvgIpc) is 3.32. The molecule has 22 heavy (non-hydrogen) atoms. The van der Waals surface area contributed by atoms with Crippen molar-refractivity contribution in [3.8, 4) is 0 Å². The monoisotopic (exact) mass is 342 g/mol. The number of benzene rings is 1. The lowest BCUT2D eigenvalue weighted by atomic mass is 10.1. The van der Waals surface area contributed by atoms with E-state index < -0.39 is 0 Å². The van der Waals surface area contributed by atoms with Crippen molar-refractivity contribution in [3.63, 3.8) is 0 Å². The summed E-state index contributed by atoms with van der Waals surface area (Å²) < 4.78 is 0. The van der Waals surface area contributed by atoms with E-state index in [9.17, 15) is 4.79 Å². The van der Waals surface area contributed by atoms with Gasteiger partial charge in [-0.1, -0.05) is 42.1 Å². The van der Waals surface area contributed by atoms with Crippen LogP contribution in [0.15, 0.2) is 18.2 Å². The van der Waals surface area contributed by atoms with E-state index in [4.69, 9.17) is 28.9 Å². The predicted octanol–water partition coefficient (Wildman–Crippen LogP) is 4.39. The van der Waals surface area contributed by atoms with E-state index in [0.717, 1.165) is 50.6 Å². The maximum Gasteiger partial charge on any atom is 0.223 e. The number of nitrogens with two attached hydrogens (primary N) is 1. The van der Waals surface area contributed by atoms with Crippen LogP contribution in [0.5, 0.6) is 0 Å². The Morgan fingerprint density at radius 1 is 1.14 bits per heavy atom. The highest BCUT2D eigenvalue weighted by Gasteiger charge is 2.32. The molecule has 0 spiro atoms. The van der Waals surface area contributed by atoms with E-state index in [1.807, 2.05) is 17.0 Å². The number of nitrogens with zero attached hydrogens (tertiary/aromatic N) is 1. The summed E-state index contributed by atoms with van der Waals surface area (Å²) in [7, 11) is 0. The summed E-state index contributed by atoms with van der Waals surface area (Å²) in [5.74, 6) is 0.251. The summed E-state index contributed by atoms with van der Waals surface area (Å²) in [4.78, 5) is 14.5. The second kappa shape index (κ2) is 8.76. The molecule has 0 aromatic heterocycles. The molecule has 2 N–H and O–H groups in total. The van der Waals surface area contributed by atoms with Gasteiger partial charge in [0.15, 0.2) is 0 Å². The Morgan fingerprint density at radius 3 is 2.50 bits per heavy atom. The summed E-state index contributed by atoms with van der Waals surface area (Å²) >= 11 is 12.0. The van der Waals surface area contributed by atoms with Crippen LogP contribution in [0.2, 0.25) is 10.0 Å². The third-order valence-electron chi connectivity index (χ3n) is 3.99. The highest BCUT2D eigenvalue weighted by molar-refractivity contribution is 6.42. The van der Waals surface area contributed by atoms with Crippen LogP contribution in [0, 0.1) is 0 Å². The van der Waals surface area contributed by atoms with Gasteiger partial charge in [-0.2, -0.15) is 0 Å². The van der Waals surface area contributed by atoms with Crippen molar-refractivity contribution in [1.82, 2.24) is 4.90 Å². The maximum atomic E-state index is 12.5. The molecule has 0 bridgehead atoms. The fourth-order valence-corrected chi connectivity index (χ4v) is 2.88. The van der Waals surface area contributed by atoms with Crippen LogP contribution in [-0.2, 0) is 11.3 Å². The first-order valence-electron chi connectivity index (χ1n) is 8.05. The first-order valence-corrected chi connectivity index (χ1v) is 8.81. The van der Waals surface area contributed by atoms with Crippen molar-refractivity contribution in [2.75, 3.05) is 6.54 Å². The van der Waals surface area contributed by atoms with Crippen molar-refractivity contribution in [2.45, 2.75) is 57.5 Å². The predicted molar refractivity (Wildman–Crippen MR) is 92.2 cm³/mol. The van der Waals surface area contributed by atoms with Gasteiger partial charge in [-0.05, 0) is 49.9 Å². The van der Waals surface area contributed by atoms with E-state index in [-0.39, 0.29) is 5.91 Å². The van der Waals surface area contributed by atoms with Crippen LogP contribution in [0.3, 0.4) is 0 Å². The van der Waals surface area contributed by atoms with Gasteiger partial charge in [-0.15, -0.1) is 0 Å². The lowest BCUT2D eigenvalue weighted by Crippen LogP contribution is -2.32. The molecule has 1 aromatic carbocycles. The number of unbranched alkanes of at least 4 members (excludes halogenated alkanes) is 3. The SMILES string of the molecule is NCCCCCCC(=O)N(Cc1ccc(Cl)c(Cl)c1)C1CC1. The van der Waals surface area contributed by atoms with E-state index in [1.54, 1.807) is 6.07 Å². The lowest BCUT2D eigenvalue weighted by Gasteiger charge is -2.23. The summed E-state index contributed by atoms with van der Waals surface area (Å²) in [6.45, 7) is 1.36. The zero-order valence-electron chi connectivity index (χ0n) is 12.9. The number of carbonyl (C=O) groups is 1. The molecule has 0 heterocycles. The van der Waals surface area contributed by atoms with Gasteiger partial charge in [-0.25, -0.2) is 0 Å². The van der Waals surface area contributed by atoms with Crippen LogP contribution >= 0.6 is 23.2 Å². The molecule has 0 atom stereocenters. The van der Waals surface area contributed by atoms with Gasteiger partial charge in [0, 0.05) is 19.0 Å². The molecule has 1 aliphatic rings. The highest BCUT2D eigenvalue weighted by Crippen LogP contribution is 2.30. The fraction of sp³-hybridized carbons (Fsp3) is 0.588. The topological polar surface area (TPSA) is 46.3 Å². The second-order valence-corrected chi connectivity index (χ2v) is 6.77. The lowest BCUT2D eigenvalue weighted by molar-refractivity contribution is -0.132. The Morgan fingerprint density at radius 2 is 1.86 bits per heavy atom. The first-order chi connectivity index (χ1) is 10.6. The van der Waals surface area contributed by atoms with Crippen LogP contribution in [0.4, 0.5) is 0 Å². The third kappa shape index (κ3) is 5.45. The maximum absolute atomic E-state index is 12.5. The van der Waals surface area contributed by atoms with Crippen molar-refractivity contribution in [3.05, 3.63) is 33.8 Å². The molecule has 2 rings (SSSR count). The molecule has 1 amide bonds. The third-order valence-corrected chi connectivity index (χ3v) is 4.73. The van der Waals surface area contributed by atoms with Gasteiger partial charge in [0.05, 0.1) is 10.0 Å². The summed E-state index contributed by atoms with van der Waals surface area (Å²) in [6.07, 6.45) is 7.03. The van der Waals surface area contributed by atoms with Crippen LogP contribution in [0.25, 0.3) is 0 Å². The summed E-state index contributed by atoms with van der Waals surface area (Å²) in [5.41, 5.74) is 6.52. The van der Waals surface area contributed by atoms with Gasteiger partial charge in [0.25, 0.3) is 0 Å². The highest BCUT2D eigenvalue weighted by atomic mass is 35.5.